The van der Waals surface area contributed by atoms with Crippen LogP contribution in [0.1, 0.15) is 0 Å². The van der Waals surface area contributed by atoms with E-state index in [1.54, 1.807) is 0 Å². The first-order chi connectivity index (χ1) is 1.00. The number of rotatable bonds is 0. The van der Waals surface area contributed by atoms with Gasteiger partial charge in [0, 0.05) is 56.9 Å². The van der Waals surface area contributed by atoms with Crippen LogP contribution < -0.4 is 0 Å². The molecule has 0 aliphatic carbocycles. The van der Waals surface area contributed by atoms with E-state index in [1.807, 2.05) is 33.6 Å². The van der Waals surface area contributed by atoms with Crippen LogP contribution in [0.3, 0.4) is 0 Å². The molecule has 0 spiro atoms. The molecule has 0 aromatic carbocycles. The van der Waals surface area contributed by atoms with Gasteiger partial charge in [0.25, 0.3) is 0 Å². The van der Waals surface area contributed by atoms with Crippen LogP contribution in [-0.4, -0.2) is 0 Å². The molecule has 0 amide bonds. The second-order valence-corrected chi connectivity index (χ2v) is 0. The largest absolute Gasteiger partial charge is 0 e. The van der Waals surface area contributed by atoms with E-state index in [4.69, 9.17) is 0 Å². The standard InChI is InChI=1S/2Mo.Ni.Sm. The van der Waals surface area contributed by atoms with Gasteiger partial charge >= 0.3 is 33.6 Å². The maximum absolute atomic E-state index is 1.96. The van der Waals surface area contributed by atoms with Crippen molar-refractivity contribution in [2.75, 3.05) is 0 Å². The van der Waals surface area contributed by atoms with Gasteiger partial charge in [0.05, 0.1) is 0 Å². The minimum absolute atomic E-state index is 0. The van der Waals surface area contributed by atoms with Crippen molar-refractivity contribution in [2.24, 2.45) is 0 Å². The average molecular weight is 401 g/mol. The molecule has 0 aliphatic heterocycles. The number of hydrogen-bond donors (Lipinski definition) is 0. The second kappa shape index (κ2) is 16.4. The first kappa shape index (κ1) is 15.7. The molecule has 0 saturated heterocycles. The van der Waals surface area contributed by atoms with Gasteiger partial charge in [-0.05, 0) is 0 Å². The Kier molecular flexibility index (Phi) is 64.2. The molecule has 0 atom stereocenters. The Hall–Kier alpha value is 3.21. The zero-order chi connectivity index (χ0) is 2.00. The van der Waals surface area contributed by atoms with E-state index in [2.05, 4.69) is 0 Å². The molecule has 4 heteroatoms. The Balaban J connectivity index is -0.00000000500. The summed E-state index contributed by atoms with van der Waals surface area (Å²) in [7, 11) is 0. The van der Waals surface area contributed by atoms with Crippen LogP contribution in [0.2, 0.25) is 0 Å². The molecular formula is Mo2NiSm. The summed E-state index contributed by atoms with van der Waals surface area (Å²) in [5.41, 5.74) is 0. The van der Waals surface area contributed by atoms with Crippen LogP contribution in [0.25, 0.3) is 0 Å². The van der Waals surface area contributed by atoms with Crippen molar-refractivity contribution < 1.29 is 90.5 Å². The summed E-state index contributed by atoms with van der Waals surface area (Å²) in [6, 6.07) is 0. The SMILES string of the molecule is [Mo][Mo].[Ni].[Sm]. The van der Waals surface area contributed by atoms with Crippen molar-refractivity contribution in [3.63, 3.8) is 0 Å². The van der Waals surface area contributed by atoms with Gasteiger partial charge in [0.15, 0.2) is 0 Å². The molecule has 0 saturated carbocycles. The minimum Gasteiger partial charge on any atom is 0 e. The molecule has 0 nitrogen and oxygen atoms in total. The van der Waals surface area contributed by atoms with Crippen LogP contribution in [-0.2, 0) is 50.1 Å². The van der Waals surface area contributed by atoms with E-state index < -0.39 is 0 Å². The molecule has 0 N–H and O–H groups in total. The zero-order valence-electron chi connectivity index (χ0n) is 1.54. The Morgan fingerprint density at radius 3 is 1.00 bits per heavy atom. The molecular weight excluding hydrogens is 401 g/mol. The maximum Gasteiger partial charge on any atom is 0 e. The van der Waals surface area contributed by atoms with Crippen LogP contribution in [0.4, 0.5) is 0 Å². The van der Waals surface area contributed by atoms with Crippen molar-refractivity contribution >= 4 is 0 Å². The molecule has 4 heavy (non-hydrogen) atoms. The Morgan fingerprint density at radius 1 is 1.00 bits per heavy atom. The van der Waals surface area contributed by atoms with E-state index in [0.717, 1.165) is 0 Å². The van der Waals surface area contributed by atoms with Crippen molar-refractivity contribution in [3.05, 3.63) is 0 Å². The van der Waals surface area contributed by atoms with Gasteiger partial charge in [0.1, 0.15) is 0 Å². The second-order valence-electron chi connectivity index (χ2n) is 0. The topological polar surface area (TPSA) is 0 Å². The van der Waals surface area contributed by atoms with Crippen molar-refractivity contribution in [3.8, 4) is 0 Å². The third-order valence-corrected chi connectivity index (χ3v) is 0. The Morgan fingerprint density at radius 2 is 1.00 bits per heavy atom. The smallest absolute Gasteiger partial charge is 0 e. The van der Waals surface area contributed by atoms with Crippen molar-refractivity contribution in [1.29, 1.82) is 0 Å². The summed E-state index contributed by atoms with van der Waals surface area (Å²) in [5, 5.41) is 0. The third-order valence-electron chi connectivity index (χ3n) is 0. The van der Waals surface area contributed by atoms with Crippen LogP contribution in [0.5, 0.6) is 0 Å². The van der Waals surface area contributed by atoms with E-state index in [-0.39, 0.29) is 56.9 Å². The van der Waals surface area contributed by atoms with E-state index in [0.29, 0.717) is 0 Å². The summed E-state index contributed by atoms with van der Waals surface area (Å²) in [6.07, 6.45) is 0. The van der Waals surface area contributed by atoms with E-state index in [9.17, 15) is 0 Å². The molecule has 0 unspecified atom stereocenters. The fourth-order valence-electron chi connectivity index (χ4n) is 0. The molecule has 0 aromatic rings. The summed E-state index contributed by atoms with van der Waals surface area (Å²) < 4.78 is 0. The van der Waals surface area contributed by atoms with Gasteiger partial charge in [-0.2, -0.15) is 0 Å². The fraction of sp³-hybridized carbons (Fsp3) is 0. The normalized spacial score (nSPS) is 1.00. The fourth-order valence-corrected chi connectivity index (χ4v) is 0. The molecule has 28 valence electrons. The van der Waals surface area contributed by atoms with E-state index in [1.165, 1.54) is 0 Å². The summed E-state index contributed by atoms with van der Waals surface area (Å²) in [4.78, 5) is 0. The van der Waals surface area contributed by atoms with Crippen LogP contribution in [0.15, 0.2) is 0 Å². The molecule has 0 aromatic heterocycles. The van der Waals surface area contributed by atoms with Gasteiger partial charge < -0.3 is 0 Å². The van der Waals surface area contributed by atoms with Crippen molar-refractivity contribution in [2.45, 2.75) is 0 Å². The summed E-state index contributed by atoms with van der Waals surface area (Å²) >= 11 is 3.92. The Labute approximate surface area is 88.3 Å². The van der Waals surface area contributed by atoms with Gasteiger partial charge in [-0.3, -0.25) is 0 Å². The average Bonchev–Trinajstić information content (AvgIpc) is 1.00. The van der Waals surface area contributed by atoms with Crippen LogP contribution >= 0.6 is 0 Å². The van der Waals surface area contributed by atoms with Gasteiger partial charge in [-0.1, -0.05) is 0 Å². The predicted molar refractivity (Wildman–Crippen MR) is 0 cm³/mol. The number of hydrogen-bond acceptors (Lipinski definition) is 0. The first-order valence-corrected chi connectivity index (χ1v) is 5.83. The van der Waals surface area contributed by atoms with Crippen molar-refractivity contribution in [1.82, 2.24) is 0 Å². The third kappa shape index (κ3) is 8.96. The maximum atomic E-state index is 1.96. The molecule has 0 bridgehead atoms. The Bertz CT molecular complexity index is 6.00. The first-order valence-electron chi connectivity index (χ1n) is 0.167. The molecule has 0 aliphatic rings. The van der Waals surface area contributed by atoms with Gasteiger partial charge in [0.2, 0.25) is 0 Å². The summed E-state index contributed by atoms with van der Waals surface area (Å²) in [6.45, 7) is 0. The molecule has 0 heterocycles. The molecule has 0 radical (unpaired) electrons. The van der Waals surface area contributed by atoms with E-state index >= 15 is 0 Å². The monoisotopic (exact) mass is 406 g/mol. The summed E-state index contributed by atoms with van der Waals surface area (Å²) in [5.74, 6) is 0. The van der Waals surface area contributed by atoms with Gasteiger partial charge in [-0.15, -0.1) is 0 Å². The quantitative estimate of drug-likeness (QED) is 0.502. The molecule has 0 rings (SSSR count). The molecule has 0 fully saturated rings. The predicted octanol–water partition coefficient (Wildman–Crippen LogP) is -0.00750. The van der Waals surface area contributed by atoms with Gasteiger partial charge in [-0.25, -0.2) is 0 Å². The van der Waals surface area contributed by atoms with Crippen LogP contribution in [0, 0.1) is 40.4 Å². The zero-order valence-corrected chi connectivity index (χ0v) is 9.16. The minimum atomic E-state index is 0.